The topological polar surface area (TPSA) is 43.7 Å². The highest BCUT2D eigenvalue weighted by molar-refractivity contribution is 5.56. The maximum absolute atomic E-state index is 13.0. The molecule has 0 saturated carbocycles. The van der Waals surface area contributed by atoms with Gasteiger partial charge in [0.1, 0.15) is 0 Å². The van der Waals surface area contributed by atoms with E-state index in [-0.39, 0.29) is 17.8 Å². The van der Waals surface area contributed by atoms with Crippen LogP contribution in [0, 0.1) is 0 Å². The minimum absolute atomic E-state index is 0.0215. The maximum atomic E-state index is 13.0. The first-order valence-corrected chi connectivity index (χ1v) is 5.79. The number of alkyl halides is 3. The number of likely N-dealkylation sites (N-methyl/N-ethyl adjacent to an activating group) is 1. The van der Waals surface area contributed by atoms with Gasteiger partial charge in [-0.05, 0) is 31.5 Å². The zero-order chi connectivity index (χ0) is 14.8. The molecule has 0 heterocycles. The number of aliphatic hydroxyl groups is 2. The van der Waals surface area contributed by atoms with Crippen molar-refractivity contribution in [2.45, 2.75) is 32.2 Å². The lowest BCUT2D eigenvalue weighted by atomic mass is 10.1. The number of aliphatic hydroxyl groups excluding tert-OH is 1. The summed E-state index contributed by atoms with van der Waals surface area (Å²) in [6, 6.07) is 3.67. The van der Waals surface area contributed by atoms with Crippen molar-refractivity contribution in [3.63, 3.8) is 0 Å². The molecule has 2 N–H and O–H groups in total. The highest BCUT2D eigenvalue weighted by Gasteiger charge is 2.35. The third-order valence-electron chi connectivity index (χ3n) is 2.58. The molecule has 1 aromatic carbocycles. The maximum Gasteiger partial charge on any atom is 0.418 e. The fraction of sp³-hybridized carbons (Fsp3) is 0.538. The first-order chi connectivity index (χ1) is 8.54. The summed E-state index contributed by atoms with van der Waals surface area (Å²) in [7, 11) is 1.49. The van der Waals surface area contributed by atoms with E-state index < -0.39 is 23.9 Å². The van der Waals surface area contributed by atoms with Crippen LogP contribution >= 0.6 is 0 Å². The van der Waals surface area contributed by atoms with Crippen LogP contribution in [-0.2, 0) is 12.8 Å². The Hall–Kier alpha value is -1.27. The van der Waals surface area contributed by atoms with Crippen LogP contribution in [0.2, 0.25) is 0 Å². The summed E-state index contributed by atoms with van der Waals surface area (Å²) < 4.78 is 39.0. The summed E-state index contributed by atoms with van der Waals surface area (Å²) in [5, 5.41) is 18.6. The van der Waals surface area contributed by atoms with Gasteiger partial charge in [-0.2, -0.15) is 13.2 Å². The van der Waals surface area contributed by atoms with Crippen LogP contribution in [0.25, 0.3) is 0 Å². The van der Waals surface area contributed by atoms with Gasteiger partial charge >= 0.3 is 6.18 Å². The SMILES string of the molecule is CN(CC(C)(C)O)c1ccc(CO)cc1C(F)(F)F. The third kappa shape index (κ3) is 4.40. The molecule has 0 aromatic heterocycles. The van der Waals surface area contributed by atoms with Crippen molar-refractivity contribution < 1.29 is 23.4 Å². The Morgan fingerprint density at radius 2 is 1.79 bits per heavy atom. The zero-order valence-electron chi connectivity index (χ0n) is 11.1. The minimum atomic E-state index is -4.51. The number of hydrogen-bond donors (Lipinski definition) is 2. The molecule has 3 nitrogen and oxygen atoms in total. The number of rotatable bonds is 4. The molecule has 0 fully saturated rings. The van der Waals surface area contributed by atoms with E-state index in [4.69, 9.17) is 5.11 Å². The van der Waals surface area contributed by atoms with Crippen LogP contribution in [0.3, 0.4) is 0 Å². The van der Waals surface area contributed by atoms with Gasteiger partial charge in [-0.15, -0.1) is 0 Å². The summed E-state index contributed by atoms with van der Waals surface area (Å²) >= 11 is 0. The van der Waals surface area contributed by atoms with E-state index in [1.165, 1.54) is 37.9 Å². The van der Waals surface area contributed by atoms with Crippen LogP contribution in [-0.4, -0.2) is 29.4 Å². The molecule has 6 heteroatoms. The monoisotopic (exact) mass is 277 g/mol. The Morgan fingerprint density at radius 1 is 1.21 bits per heavy atom. The highest BCUT2D eigenvalue weighted by Crippen LogP contribution is 2.37. The van der Waals surface area contributed by atoms with Crippen molar-refractivity contribution in [1.29, 1.82) is 0 Å². The van der Waals surface area contributed by atoms with Crippen LogP contribution in [0.5, 0.6) is 0 Å². The summed E-state index contributed by atoms with van der Waals surface area (Å²) in [6.07, 6.45) is -4.51. The molecule has 1 rings (SSSR count). The molecular formula is C13H18F3NO2. The Labute approximate surface area is 110 Å². The normalized spacial score (nSPS) is 12.6. The largest absolute Gasteiger partial charge is 0.418 e. The number of anilines is 1. The summed E-state index contributed by atoms with van der Waals surface area (Å²) in [4.78, 5) is 1.35. The van der Waals surface area contributed by atoms with Gasteiger partial charge < -0.3 is 15.1 Å². The van der Waals surface area contributed by atoms with E-state index in [0.717, 1.165) is 6.07 Å². The Balaban J connectivity index is 3.20. The van der Waals surface area contributed by atoms with Crippen LogP contribution in [0.15, 0.2) is 18.2 Å². The zero-order valence-corrected chi connectivity index (χ0v) is 11.1. The molecule has 0 bridgehead atoms. The van der Waals surface area contributed by atoms with E-state index >= 15 is 0 Å². The molecule has 0 aliphatic heterocycles. The number of benzene rings is 1. The molecule has 0 radical (unpaired) electrons. The Morgan fingerprint density at radius 3 is 2.21 bits per heavy atom. The van der Waals surface area contributed by atoms with Crippen molar-refractivity contribution >= 4 is 5.69 Å². The summed E-state index contributed by atoms with van der Waals surface area (Å²) in [5.41, 5.74) is -1.74. The first kappa shape index (κ1) is 15.8. The van der Waals surface area contributed by atoms with E-state index in [0.29, 0.717) is 0 Å². The smallest absolute Gasteiger partial charge is 0.392 e. The first-order valence-electron chi connectivity index (χ1n) is 5.79. The average molecular weight is 277 g/mol. The molecule has 0 unspecified atom stereocenters. The second-order valence-electron chi connectivity index (χ2n) is 5.18. The van der Waals surface area contributed by atoms with E-state index in [9.17, 15) is 18.3 Å². The number of nitrogens with zero attached hydrogens (tertiary/aromatic N) is 1. The van der Waals surface area contributed by atoms with Gasteiger partial charge in [0.05, 0.1) is 17.8 Å². The molecular weight excluding hydrogens is 259 g/mol. The minimum Gasteiger partial charge on any atom is -0.392 e. The molecule has 1 aromatic rings. The molecule has 0 aliphatic rings. The molecule has 0 atom stereocenters. The lowest BCUT2D eigenvalue weighted by Gasteiger charge is -2.29. The highest BCUT2D eigenvalue weighted by atomic mass is 19.4. The molecule has 0 aliphatic carbocycles. The molecule has 0 spiro atoms. The van der Waals surface area contributed by atoms with Gasteiger partial charge in [0, 0.05) is 19.3 Å². The van der Waals surface area contributed by atoms with Crippen molar-refractivity contribution in [3.8, 4) is 0 Å². The van der Waals surface area contributed by atoms with Crippen molar-refractivity contribution in [1.82, 2.24) is 0 Å². The van der Waals surface area contributed by atoms with Gasteiger partial charge in [-0.25, -0.2) is 0 Å². The van der Waals surface area contributed by atoms with Crippen LogP contribution in [0.1, 0.15) is 25.0 Å². The summed E-state index contributed by atoms with van der Waals surface area (Å²) in [6.45, 7) is 2.67. The molecule has 108 valence electrons. The van der Waals surface area contributed by atoms with Crippen molar-refractivity contribution in [3.05, 3.63) is 29.3 Å². The van der Waals surface area contributed by atoms with E-state index in [1.807, 2.05) is 0 Å². The summed E-state index contributed by atoms with van der Waals surface area (Å²) in [5.74, 6) is 0. The quantitative estimate of drug-likeness (QED) is 0.888. The fourth-order valence-corrected chi connectivity index (χ4v) is 1.91. The van der Waals surface area contributed by atoms with Crippen LogP contribution < -0.4 is 4.90 Å². The number of hydrogen-bond acceptors (Lipinski definition) is 3. The predicted octanol–water partition coefficient (Wildman–Crippen LogP) is 2.40. The standard InChI is InChI=1S/C13H18F3NO2/c1-12(2,19)8-17(3)11-5-4-9(7-18)6-10(11)13(14,15)16/h4-6,18-19H,7-8H2,1-3H3. The van der Waals surface area contributed by atoms with Gasteiger partial charge in [0.15, 0.2) is 0 Å². The second kappa shape index (κ2) is 5.38. The van der Waals surface area contributed by atoms with Crippen molar-refractivity contribution in [2.24, 2.45) is 0 Å². The van der Waals surface area contributed by atoms with Gasteiger partial charge in [0.25, 0.3) is 0 Å². The van der Waals surface area contributed by atoms with E-state index in [1.54, 1.807) is 0 Å². The van der Waals surface area contributed by atoms with E-state index in [2.05, 4.69) is 0 Å². The van der Waals surface area contributed by atoms with Crippen molar-refractivity contribution in [2.75, 3.05) is 18.5 Å². The fourth-order valence-electron chi connectivity index (χ4n) is 1.91. The lowest BCUT2D eigenvalue weighted by molar-refractivity contribution is -0.137. The Bertz CT molecular complexity index is 438. The molecule has 0 amide bonds. The predicted molar refractivity (Wildman–Crippen MR) is 66.9 cm³/mol. The van der Waals surface area contributed by atoms with Gasteiger partial charge in [-0.3, -0.25) is 0 Å². The Kier molecular flexibility index (Phi) is 4.47. The molecule has 19 heavy (non-hydrogen) atoms. The van der Waals surface area contributed by atoms with Gasteiger partial charge in [-0.1, -0.05) is 6.07 Å². The third-order valence-corrected chi connectivity index (χ3v) is 2.58. The van der Waals surface area contributed by atoms with Crippen LogP contribution in [0.4, 0.5) is 18.9 Å². The molecule has 0 saturated heterocycles. The number of halogens is 3. The second-order valence-corrected chi connectivity index (χ2v) is 5.18. The van der Waals surface area contributed by atoms with Gasteiger partial charge in [0.2, 0.25) is 0 Å². The lowest BCUT2D eigenvalue weighted by Crippen LogP contribution is -2.37. The average Bonchev–Trinajstić information content (AvgIpc) is 2.24.